The first-order valence-electron chi connectivity index (χ1n) is 7.24. The third kappa shape index (κ3) is 1.98. The second kappa shape index (κ2) is 4.67. The van der Waals surface area contributed by atoms with E-state index < -0.39 is 0 Å². The fourth-order valence-electron chi connectivity index (χ4n) is 3.56. The number of likely N-dealkylation sites (tertiary alicyclic amines) is 1. The molecule has 4 atom stereocenters. The predicted octanol–water partition coefficient (Wildman–Crippen LogP) is 2.59. The standard InChI is InChI=1S/C16H24N2/c1-11-7-8-18(10-12(11)2)15-9-13-5-3-4-6-14(13)16(15)17/h3-6,11-12,15-16H,7-10,17H2,1-2H3. The van der Waals surface area contributed by atoms with Crippen molar-refractivity contribution in [1.29, 1.82) is 0 Å². The molecule has 2 nitrogen and oxygen atoms in total. The molecule has 1 aromatic carbocycles. The van der Waals surface area contributed by atoms with E-state index in [1.807, 2.05) is 0 Å². The number of nitrogens with zero attached hydrogens (tertiary/aromatic N) is 1. The van der Waals surface area contributed by atoms with Gasteiger partial charge in [-0.15, -0.1) is 0 Å². The van der Waals surface area contributed by atoms with Gasteiger partial charge in [0.25, 0.3) is 0 Å². The van der Waals surface area contributed by atoms with E-state index in [1.54, 1.807) is 0 Å². The molecule has 1 saturated heterocycles. The van der Waals surface area contributed by atoms with Crippen molar-refractivity contribution in [2.75, 3.05) is 13.1 Å². The molecular weight excluding hydrogens is 220 g/mol. The first-order chi connectivity index (χ1) is 8.66. The lowest BCUT2D eigenvalue weighted by atomic mass is 9.87. The lowest BCUT2D eigenvalue weighted by Gasteiger charge is -2.40. The van der Waals surface area contributed by atoms with Crippen LogP contribution in [0.15, 0.2) is 24.3 Å². The summed E-state index contributed by atoms with van der Waals surface area (Å²) in [6.07, 6.45) is 2.46. The van der Waals surface area contributed by atoms with Crippen LogP contribution in [0.5, 0.6) is 0 Å². The number of rotatable bonds is 1. The van der Waals surface area contributed by atoms with Crippen LogP contribution in [0.25, 0.3) is 0 Å². The third-order valence-corrected chi connectivity index (χ3v) is 5.09. The van der Waals surface area contributed by atoms with Gasteiger partial charge in [-0.05, 0) is 42.3 Å². The summed E-state index contributed by atoms with van der Waals surface area (Å²) in [5.41, 5.74) is 9.29. The van der Waals surface area contributed by atoms with E-state index in [-0.39, 0.29) is 6.04 Å². The number of hydrogen-bond donors (Lipinski definition) is 1. The van der Waals surface area contributed by atoms with Gasteiger partial charge in [0, 0.05) is 18.6 Å². The zero-order valence-corrected chi connectivity index (χ0v) is 11.5. The van der Waals surface area contributed by atoms with Crippen molar-refractivity contribution >= 4 is 0 Å². The summed E-state index contributed by atoms with van der Waals surface area (Å²) in [7, 11) is 0. The molecule has 1 fully saturated rings. The highest BCUT2D eigenvalue weighted by atomic mass is 15.2. The van der Waals surface area contributed by atoms with Crippen molar-refractivity contribution in [3.63, 3.8) is 0 Å². The molecule has 2 N–H and O–H groups in total. The van der Waals surface area contributed by atoms with Crippen molar-refractivity contribution in [2.24, 2.45) is 17.6 Å². The van der Waals surface area contributed by atoms with E-state index in [0.717, 1.165) is 18.3 Å². The smallest absolute Gasteiger partial charge is 0.0459 e. The van der Waals surface area contributed by atoms with Gasteiger partial charge < -0.3 is 5.73 Å². The van der Waals surface area contributed by atoms with Crippen molar-refractivity contribution in [1.82, 2.24) is 4.90 Å². The van der Waals surface area contributed by atoms with E-state index in [0.29, 0.717) is 6.04 Å². The molecule has 2 aliphatic rings. The van der Waals surface area contributed by atoms with Gasteiger partial charge in [0.2, 0.25) is 0 Å². The Morgan fingerprint density at radius 1 is 1.17 bits per heavy atom. The normalized spacial score (nSPS) is 36.6. The van der Waals surface area contributed by atoms with Gasteiger partial charge in [-0.2, -0.15) is 0 Å². The number of hydrogen-bond acceptors (Lipinski definition) is 2. The van der Waals surface area contributed by atoms with Crippen LogP contribution >= 0.6 is 0 Å². The largest absolute Gasteiger partial charge is 0.323 e. The van der Waals surface area contributed by atoms with E-state index in [9.17, 15) is 0 Å². The van der Waals surface area contributed by atoms with Gasteiger partial charge in [0.05, 0.1) is 0 Å². The summed E-state index contributed by atoms with van der Waals surface area (Å²) in [4.78, 5) is 2.63. The van der Waals surface area contributed by atoms with Crippen LogP contribution in [0.2, 0.25) is 0 Å². The Kier molecular flexibility index (Phi) is 3.16. The van der Waals surface area contributed by atoms with E-state index >= 15 is 0 Å². The predicted molar refractivity (Wildman–Crippen MR) is 75.4 cm³/mol. The van der Waals surface area contributed by atoms with E-state index in [4.69, 9.17) is 5.73 Å². The minimum atomic E-state index is 0.210. The second-order valence-corrected chi connectivity index (χ2v) is 6.23. The van der Waals surface area contributed by atoms with Crippen molar-refractivity contribution < 1.29 is 0 Å². The van der Waals surface area contributed by atoms with Crippen molar-refractivity contribution in [3.8, 4) is 0 Å². The molecule has 1 aliphatic heterocycles. The maximum absolute atomic E-state index is 6.46. The van der Waals surface area contributed by atoms with Crippen LogP contribution in [0.4, 0.5) is 0 Å². The number of piperidine rings is 1. The molecule has 0 bridgehead atoms. The van der Waals surface area contributed by atoms with Crippen LogP contribution < -0.4 is 5.73 Å². The zero-order valence-electron chi connectivity index (χ0n) is 11.5. The molecule has 0 saturated carbocycles. The average molecular weight is 244 g/mol. The van der Waals surface area contributed by atoms with Crippen LogP contribution in [-0.2, 0) is 6.42 Å². The highest BCUT2D eigenvalue weighted by Crippen LogP contribution is 2.35. The summed E-state index contributed by atoms with van der Waals surface area (Å²) >= 11 is 0. The third-order valence-electron chi connectivity index (χ3n) is 5.09. The molecule has 2 heteroatoms. The van der Waals surface area contributed by atoms with Gasteiger partial charge in [-0.1, -0.05) is 38.1 Å². The van der Waals surface area contributed by atoms with Crippen molar-refractivity contribution in [2.45, 2.75) is 38.8 Å². The lowest BCUT2D eigenvalue weighted by molar-refractivity contribution is 0.0881. The Hall–Kier alpha value is -0.860. The SMILES string of the molecule is CC1CCN(C2Cc3ccccc3C2N)CC1C. The molecule has 0 spiro atoms. The Labute approximate surface area is 110 Å². The van der Waals surface area contributed by atoms with Gasteiger partial charge in [0.1, 0.15) is 0 Å². The first-order valence-corrected chi connectivity index (χ1v) is 7.24. The summed E-state index contributed by atoms with van der Waals surface area (Å²) in [6.45, 7) is 7.20. The molecule has 1 heterocycles. The fraction of sp³-hybridized carbons (Fsp3) is 0.625. The highest BCUT2D eigenvalue weighted by molar-refractivity contribution is 5.36. The molecule has 1 aromatic rings. The quantitative estimate of drug-likeness (QED) is 0.823. The Bertz CT molecular complexity index is 429. The number of benzene rings is 1. The molecule has 18 heavy (non-hydrogen) atoms. The Balaban J connectivity index is 1.76. The molecule has 0 aromatic heterocycles. The second-order valence-electron chi connectivity index (χ2n) is 6.23. The molecule has 3 rings (SSSR count). The molecular formula is C16H24N2. The lowest BCUT2D eigenvalue weighted by Crippen LogP contribution is -2.47. The van der Waals surface area contributed by atoms with Crippen LogP contribution in [0.1, 0.15) is 37.4 Å². The minimum Gasteiger partial charge on any atom is -0.323 e. The number of fused-ring (bicyclic) bond motifs is 1. The number of nitrogens with two attached hydrogens (primary N) is 1. The molecule has 4 unspecified atom stereocenters. The Morgan fingerprint density at radius 3 is 2.67 bits per heavy atom. The summed E-state index contributed by atoms with van der Waals surface area (Å²) < 4.78 is 0. The monoisotopic (exact) mass is 244 g/mol. The van der Waals surface area contributed by atoms with E-state index in [2.05, 4.69) is 43.0 Å². The average Bonchev–Trinajstić information content (AvgIpc) is 2.71. The van der Waals surface area contributed by atoms with Crippen LogP contribution in [0.3, 0.4) is 0 Å². The summed E-state index contributed by atoms with van der Waals surface area (Å²) in [5.74, 6) is 1.66. The van der Waals surface area contributed by atoms with Crippen LogP contribution in [-0.4, -0.2) is 24.0 Å². The summed E-state index contributed by atoms with van der Waals surface area (Å²) in [6, 6.07) is 9.43. The summed E-state index contributed by atoms with van der Waals surface area (Å²) in [5, 5.41) is 0. The van der Waals surface area contributed by atoms with Gasteiger partial charge >= 0.3 is 0 Å². The van der Waals surface area contributed by atoms with Crippen LogP contribution in [0, 0.1) is 11.8 Å². The highest BCUT2D eigenvalue weighted by Gasteiger charge is 2.36. The van der Waals surface area contributed by atoms with Gasteiger partial charge in [-0.25, -0.2) is 0 Å². The molecule has 1 aliphatic carbocycles. The maximum atomic E-state index is 6.46. The van der Waals surface area contributed by atoms with Crippen molar-refractivity contribution in [3.05, 3.63) is 35.4 Å². The molecule has 0 radical (unpaired) electrons. The Morgan fingerprint density at radius 2 is 1.94 bits per heavy atom. The van der Waals surface area contributed by atoms with E-state index in [1.165, 1.54) is 30.6 Å². The van der Waals surface area contributed by atoms with Gasteiger partial charge in [0.15, 0.2) is 0 Å². The van der Waals surface area contributed by atoms with Gasteiger partial charge in [-0.3, -0.25) is 4.90 Å². The fourth-order valence-corrected chi connectivity index (χ4v) is 3.56. The topological polar surface area (TPSA) is 29.3 Å². The molecule has 0 amide bonds. The minimum absolute atomic E-state index is 0.210. The molecule has 98 valence electrons. The first kappa shape index (κ1) is 12.2. The maximum Gasteiger partial charge on any atom is 0.0459 e. The zero-order chi connectivity index (χ0) is 12.7.